The zero-order chi connectivity index (χ0) is 33.6. The van der Waals surface area contributed by atoms with Crippen LogP contribution in [0.3, 0.4) is 0 Å². The summed E-state index contributed by atoms with van der Waals surface area (Å²) in [6, 6.07) is 0. The van der Waals surface area contributed by atoms with Crippen LogP contribution in [0.4, 0.5) is 0 Å². The maximum Gasteiger partial charge on any atom is 0.340 e. The molecule has 4 rings (SSSR count). The van der Waals surface area contributed by atoms with Gasteiger partial charge in [-0.2, -0.15) is 0 Å². The second kappa shape index (κ2) is 16.0. The molecular weight excluding hydrogens is 576 g/mol. The van der Waals surface area contributed by atoms with E-state index in [2.05, 4.69) is 47.8 Å². The van der Waals surface area contributed by atoms with Crippen LogP contribution in [0.1, 0.15) is 112 Å². The van der Waals surface area contributed by atoms with E-state index in [-0.39, 0.29) is 36.9 Å². The van der Waals surface area contributed by atoms with Gasteiger partial charge >= 0.3 is 11.9 Å². The molecule has 0 heterocycles. The number of methoxy groups -OCH3 is 2. The van der Waals surface area contributed by atoms with Crippen molar-refractivity contribution in [2.45, 2.75) is 112 Å². The smallest absolute Gasteiger partial charge is 0.340 e. The van der Waals surface area contributed by atoms with E-state index >= 15 is 0 Å². The van der Waals surface area contributed by atoms with Crippen molar-refractivity contribution in [1.82, 2.24) is 0 Å². The molecule has 260 valence electrons. The zero-order valence-electron chi connectivity index (χ0n) is 30.2. The first kappa shape index (κ1) is 36.9. The molecule has 4 fully saturated rings. The largest absolute Gasteiger partial charge is 0.458 e. The molecule has 4 aliphatic rings. The lowest BCUT2D eigenvalue weighted by atomic mass is 9.43. The first-order valence-corrected chi connectivity index (χ1v) is 18.3. The van der Waals surface area contributed by atoms with Crippen molar-refractivity contribution in [3.63, 3.8) is 0 Å². The molecule has 0 aromatic carbocycles. The number of hydrogen-bond donors (Lipinski definition) is 0. The van der Waals surface area contributed by atoms with Crippen LogP contribution >= 0.6 is 0 Å². The Balaban J connectivity index is 1.44. The van der Waals surface area contributed by atoms with Gasteiger partial charge in [-0.3, -0.25) is 0 Å². The van der Waals surface area contributed by atoms with E-state index in [1.54, 1.807) is 0 Å². The maximum atomic E-state index is 12.6. The van der Waals surface area contributed by atoms with Crippen molar-refractivity contribution in [2.75, 3.05) is 34.0 Å². The molecule has 4 saturated carbocycles. The van der Waals surface area contributed by atoms with Crippen molar-refractivity contribution in [2.24, 2.45) is 58.2 Å². The van der Waals surface area contributed by atoms with E-state index in [0.29, 0.717) is 16.7 Å². The summed E-state index contributed by atoms with van der Waals surface area (Å²) >= 11 is 0. The Bertz CT molecular complexity index is 1120. The van der Waals surface area contributed by atoms with Gasteiger partial charge in [0.1, 0.15) is 6.61 Å². The van der Waals surface area contributed by atoms with Gasteiger partial charge in [-0.15, -0.1) is 0 Å². The van der Waals surface area contributed by atoms with Crippen LogP contribution in [0.25, 0.3) is 0 Å². The number of carbonyl (C=O) groups is 2. The van der Waals surface area contributed by atoms with E-state index in [0.717, 1.165) is 60.3 Å². The third-order valence-corrected chi connectivity index (χ3v) is 13.3. The lowest BCUT2D eigenvalue weighted by Crippen LogP contribution is -2.53. The fourth-order valence-electron chi connectivity index (χ4n) is 10.8. The fraction of sp³-hybridized carbons (Fsp3) is 0.800. The molecule has 0 amide bonds. The van der Waals surface area contributed by atoms with E-state index in [1.165, 1.54) is 78.3 Å². The van der Waals surface area contributed by atoms with Crippen molar-refractivity contribution in [1.29, 1.82) is 0 Å². The molecule has 6 nitrogen and oxygen atoms in total. The Hall–Kier alpha value is -1.92. The summed E-state index contributed by atoms with van der Waals surface area (Å²) in [6.45, 7) is 20.4. The highest BCUT2D eigenvalue weighted by atomic mass is 16.5. The molecule has 4 aliphatic carbocycles. The summed E-state index contributed by atoms with van der Waals surface area (Å²) in [5, 5.41) is 0. The van der Waals surface area contributed by atoms with E-state index in [9.17, 15) is 9.59 Å². The van der Waals surface area contributed by atoms with Crippen LogP contribution in [0, 0.1) is 58.2 Å². The van der Waals surface area contributed by atoms with Gasteiger partial charge in [0.2, 0.25) is 0 Å². The van der Waals surface area contributed by atoms with Gasteiger partial charge in [0, 0.05) is 19.8 Å². The van der Waals surface area contributed by atoms with Crippen molar-refractivity contribution in [3.05, 3.63) is 36.1 Å². The zero-order valence-corrected chi connectivity index (χ0v) is 30.2. The number of hydrogen-bond acceptors (Lipinski definition) is 6. The van der Waals surface area contributed by atoms with Gasteiger partial charge < -0.3 is 18.9 Å². The molecule has 46 heavy (non-hydrogen) atoms. The number of carbonyl (C=O) groups excluding carboxylic acids is 2. The van der Waals surface area contributed by atoms with E-state index < -0.39 is 11.9 Å². The molecule has 6 heteroatoms. The number of ether oxygens (including phenoxy) is 4. The van der Waals surface area contributed by atoms with Gasteiger partial charge in [0.25, 0.3) is 0 Å². The Morgan fingerprint density at radius 1 is 0.804 bits per heavy atom. The average Bonchev–Trinajstić information content (AvgIpc) is 3.37. The van der Waals surface area contributed by atoms with Crippen LogP contribution in [0.2, 0.25) is 0 Å². The summed E-state index contributed by atoms with van der Waals surface area (Å²) in [5.41, 5.74) is 2.20. The van der Waals surface area contributed by atoms with Gasteiger partial charge in [-0.1, -0.05) is 67.0 Å². The Morgan fingerprint density at radius 2 is 1.46 bits per heavy atom. The third kappa shape index (κ3) is 8.02. The molecule has 0 aromatic heterocycles. The highest BCUT2D eigenvalue weighted by Crippen LogP contribution is 2.69. The second-order valence-corrected chi connectivity index (χ2v) is 16.4. The quantitative estimate of drug-likeness (QED) is 0.101. The van der Waals surface area contributed by atoms with Gasteiger partial charge in [0.15, 0.2) is 0 Å². The molecular formula is C40H64O6. The average molecular weight is 641 g/mol. The van der Waals surface area contributed by atoms with Gasteiger partial charge in [-0.05, 0) is 116 Å². The van der Waals surface area contributed by atoms with Gasteiger partial charge in [-0.25, -0.2) is 9.59 Å². The van der Waals surface area contributed by atoms with Crippen LogP contribution in [-0.2, 0) is 28.5 Å². The number of rotatable bonds is 15. The first-order chi connectivity index (χ1) is 21.8. The second-order valence-electron chi connectivity index (χ2n) is 16.4. The Morgan fingerprint density at radius 3 is 2.13 bits per heavy atom. The Labute approximate surface area is 280 Å². The number of fused-ring (bicyclic) bond motifs is 5. The van der Waals surface area contributed by atoms with Crippen molar-refractivity contribution >= 4 is 11.9 Å². The van der Waals surface area contributed by atoms with Crippen LogP contribution in [-0.4, -0.2) is 46.0 Å². The summed E-state index contributed by atoms with van der Waals surface area (Å²) in [6.07, 6.45) is 17.0. The molecule has 0 saturated heterocycles. The Kier molecular flexibility index (Phi) is 12.8. The molecule has 0 radical (unpaired) electrons. The highest BCUT2D eigenvalue weighted by molar-refractivity contribution is 5.88. The standard InChI is InChI=1S/C40H64O6/c1-26(2)11-10-12-27(3)34-15-16-35-33-14-13-32-21-30(17-19-39(32,6)36(33)18-20-40(34,35)7)31(24-45-37(41)28(4)22-43-8)25-46-38(42)29(5)23-44-9/h24,26-27,30,32-36H,4-5,10-23,25H2,1-3,6-9H3/b31-24+/t27-,30+,32+,33+,34-,35+,36+,39+,40-/m1/s1. The summed E-state index contributed by atoms with van der Waals surface area (Å²) in [7, 11) is 3.05. The summed E-state index contributed by atoms with van der Waals surface area (Å²) in [5.74, 6) is 4.82. The topological polar surface area (TPSA) is 71.1 Å². The maximum absolute atomic E-state index is 12.6. The first-order valence-electron chi connectivity index (χ1n) is 18.3. The SMILES string of the molecule is C=C(COC)C(=O)O/C=C(\COC(=O)C(=C)COC)[C@H]1CC[C@@]2(C)[C@@H](CC[C@@H]3[C@@H]2CC[C@]2(C)[C@@H]([C@H](C)CCCC(C)C)CC[C@@H]32)C1. The molecule has 0 unspecified atom stereocenters. The summed E-state index contributed by atoms with van der Waals surface area (Å²) < 4.78 is 21.3. The predicted octanol–water partition coefficient (Wildman–Crippen LogP) is 9.10. The molecule has 0 N–H and O–H groups in total. The van der Waals surface area contributed by atoms with Crippen molar-refractivity contribution in [3.8, 4) is 0 Å². The monoisotopic (exact) mass is 640 g/mol. The summed E-state index contributed by atoms with van der Waals surface area (Å²) in [4.78, 5) is 25.1. The minimum atomic E-state index is -0.523. The van der Waals surface area contributed by atoms with E-state index in [1.807, 2.05) is 0 Å². The molecule has 0 bridgehead atoms. The third-order valence-electron chi connectivity index (χ3n) is 13.3. The molecule has 0 aromatic rings. The highest BCUT2D eigenvalue weighted by Gasteiger charge is 2.60. The van der Waals surface area contributed by atoms with Crippen molar-refractivity contribution < 1.29 is 28.5 Å². The van der Waals surface area contributed by atoms with Gasteiger partial charge in [0.05, 0.1) is 30.6 Å². The van der Waals surface area contributed by atoms with Crippen LogP contribution in [0.5, 0.6) is 0 Å². The molecule has 0 aliphatic heterocycles. The van der Waals surface area contributed by atoms with Crippen LogP contribution < -0.4 is 0 Å². The molecule has 9 atom stereocenters. The predicted molar refractivity (Wildman–Crippen MR) is 184 cm³/mol. The lowest BCUT2D eigenvalue weighted by molar-refractivity contribution is -0.139. The fourth-order valence-corrected chi connectivity index (χ4v) is 10.8. The lowest BCUT2D eigenvalue weighted by Gasteiger charge is -2.61. The molecule has 0 spiro atoms. The van der Waals surface area contributed by atoms with Crippen LogP contribution in [0.15, 0.2) is 36.1 Å². The minimum Gasteiger partial charge on any atom is -0.458 e. The normalized spacial score (nSPS) is 34.7. The number of esters is 2. The minimum absolute atomic E-state index is 0.0723. The van der Waals surface area contributed by atoms with E-state index in [4.69, 9.17) is 18.9 Å².